The topological polar surface area (TPSA) is 43.1 Å². The highest BCUT2D eigenvalue weighted by atomic mass is 35.6. The summed E-state index contributed by atoms with van der Waals surface area (Å²) in [6.45, 7) is 1.89. The van der Waals surface area contributed by atoms with Crippen LogP contribution in [0, 0.1) is 17.0 Å². The van der Waals surface area contributed by atoms with E-state index in [1.54, 1.807) is 12.1 Å². The van der Waals surface area contributed by atoms with Gasteiger partial charge in [-0.1, -0.05) is 64.1 Å². The summed E-state index contributed by atoms with van der Waals surface area (Å²) in [5, 5.41) is 10.1. The Morgan fingerprint density at radius 2 is 1.47 bits per heavy atom. The molecule has 84 valence electrons. The molecule has 0 atom stereocenters. The normalized spacial score (nSPS) is 10.2. The fraction of sp³-hybridized carbons (Fsp3) is 0.250. The Bertz CT molecular complexity index is 314. The van der Waals surface area contributed by atoms with Crippen molar-refractivity contribution in [3.8, 4) is 0 Å². The molecule has 0 heterocycles. The summed E-state index contributed by atoms with van der Waals surface area (Å²) in [6, 6.07) is 6.43. The second kappa shape index (κ2) is 6.38. The smallest absolute Gasteiger partial charge is 0.258 e. The molecular formula is C8H7Cl4NO2. The Hall–Kier alpha value is -0.220. The lowest BCUT2D eigenvalue weighted by Crippen LogP contribution is -1.86. The van der Waals surface area contributed by atoms with Crippen LogP contribution in [0.2, 0.25) is 0 Å². The van der Waals surface area contributed by atoms with E-state index in [0.29, 0.717) is 0 Å². The largest absolute Gasteiger partial charge is 0.269 e. The van der Waals surface area contributed by atoms with Gasteiger partial charge >= 0.3 is 0 Å². The van der Waals surface area contributed by atoms with E-state index < -0.39 is 8.18 Å². The van der Waals surface area contributed by atoms with Crippen LogP contribution in [-0.2, 0) is 0 Å². The molecule has 1 aromatic rings. The molecule has 1 rings (SSSR count). The van der Waals surface area contributed by atoms with E-state index in [2.05, 4.69) is 0 Å². The van der Waals surface area contributed by atoms with Gasteiger partial charge in [-0.05, 0) is 6.92 Å². The lowest BCUT2D eigenvalue weighted by Gasteiger charge is -1.91. The summed E-state index contributed by atoms with van der Waals surface area (Å²) in [7, 11) is 0. The third kappa shape index (κ3) is 10.1. The van der Waals surface area contributed by atoms with Crippen molar-refractivity contribution in [1.82, 2.24) is 0 Å². The zero-order valence-electron chi connectivity index (χ0n) is 7.58. The Kier molecular flexibility index (Phi) is 6.29. The maximum Gasteiger partial charge on any atom is 0.269 e. The first-order valence-corrected chi connectivity index (χ1v) is 5.18. The molecule has 7 heteroatoms. The number of nitro benzene ring substituents is 1. The zero-order chi connectivity index (χ0) is 12.1. The molecule has 3 nitrogen and oxygen atoms in total. The van der Waals surface area contributed by atoms with Gasteiger partial charge in [-0.15, -0.1) is 0 Å². The van der Waals surface area contributed by atoms with E-state index in [4.69, 9.17) is 46.4 Å². The summed E-state index contributed by atoms with van der Waals surface area (Å²) >= 11 is 19.3. The fourth-order valence-corrected chi connectivity index (χ4v) is 0.666. The van der Waals surface area contributed by atoms with Gasteiger partial charge in [-0.25, -0.2) is 0 Å². The monoisotopic (exact) mass is 289 g/mol. The van der Waals surface area contributed by atoms with Crippen molar-refractivity contribution >= 4 is 52.1 Å². The first-order chi connectivity index (χ1) is 6.70. The first kappa shape index (κ1) is 14.8. The molecule has 0 saturated heterocycles. The SMILES string of the molecule is Cc1ccc([N+](=O)[O-])cc1.ClC(Cl)(Cl)Cl. The third-order valence-corrected chi connectivity index (χ3v) is 1.24. The van der Waals surface area contributed by atoms with Gasteiger partial charge in [0.25, 0.3) is 8.94 Å². The van der Waals surface area contributed by atoms with Crippen molar-refractivity contribution in [2.24, 2.45) is 0 Å². The average Bonchev–Trinajstić information content (AvgIpc) is 2.01. The van der Waals surface area contributed by atoms with E-state index >= 15 is 0 Å². The van der Waals surface area contributed by atoms with Crippen LogP contribution in [0.5, 0.6) is 0 Å². The fourth-order valence-electron chi connectivity index (χ4n) is 0.666. The number of hydrogen-bond acceptors (Lipinski definition) is 2. The van der Waals surface area contributed by atoms with Crippen LogP contribution in [0.1, 0.15) is 5.56 Å². The summed E-state index contributed by atoms with van der Waals surface area (Å²) < 4.78 is -1.61. The zero-order valence-corrected chi connectivity index (χ0v) is 10.6. The van der Waals surface area contributed by atoms with E-state index in [1.807, 2.05) is 6.92 Å². The van der Waals surface area contributed by atoms with Crippen LogP contribution < -0.4 is 0 Å². The molecule has 0 amide bonds. The number of hydrogen-bond donors (Lipinski definition) is 0. The van der Waals surface area contributed by atoms with Crippen molar-refractivity contribution in [1.29, 1.82) is 0 Å². The molecule has 0 radical (unpaired) electrons. The van der Waals surface area contributed by atoms with Gasteiger partial charge in [0.05, 0.1) is 4.92 Å². The van der Waals surface area contributed by atoms with Gasteiger partial charge in [0.1, 0.15) is 0 Å². The second-order valence-corrected chi connectivity index (χ2v) is 5.95. The highest BCUT2D eigenvalue weighted by molar-refractivity contribution is 6.83. The molecular weight excluding hydrogens is 284 g/mol. The van der Waals surface area contributed by atoms with E-state index in [-0.39, 0.29) is 5.69 Å². The number of benzene rings is 1. The number of alkyl halides is 4. The summed E-state index contributed by atoms with van der Waals surface area (Å²) in [5.41, 5.74) is 1.18. The van der Waals surface area contributed by atoms with Gasteiger partial charge in [-0.2, -0.15) is 0 Å². The van der Waals surface area contributed by atoms with Gasteiger partial charge in [0.15, 0.2) is 0 Å². The van der Waals surface area contributed by atoms with Crippen molar-refractivity contribution < 1.29 is 4.92 Å². The molecule has 0 unspecified atom stereocenters. The van der Waals surface area contributed by atoms with Crippen LogP contribution in [-0.4, -0.2) is 8.18 Å². The lowest BCUT2D eigenvalue weighted by atomic mass is 10.2. The standard InChI is InChI=1S/C7H7NO2.CCl4/c1-6-2-4-7(5-3-6)8(9)10;2-1(3,4)5/h2-5H,1H3;. The third-order valence-electron chi connectivity index (χ3n) is 1.24. The second-order valence-electron chi connectivity index (χ2n) is 2.52. The molecule has 0 aliphatic heterocycles. The van der Waals surface area contributed by atoms with Gasteiger partial charge < -0.3 is 0 Å². The molecule has 0 saturated carbocycles. The van der Waals surface area contributed by atoms with E-state index in [9.17, 15) is 10.1 Å². The highest BCUT2D eigenvalue weighted by Gasteiger charge is 2.11. The maximum absolute atomic E-state index is 10.1. The van der Waals surface area contributed by atoms with Gasteiger partial charge in [0.2, 0.25) is 0 Å². The Morgan fingerprint density at radius 1 is 1.13 bits per heavy atom. The molecule has 0 aromatic heterocycles. The van der Waals surface area contributed by atoms with Gasteiger partial charge in [-0.3, -0.25) is 10.1 Å². The molecule has 1 aromatic carbocycles. The number of aryl methyl sites for hydroxylation is 1. The first-order valence-electron chi connectivity index (χ1n) is 3.67. The predicted octanol–water partition coefficient (Wildman–Crippen LogP) is 4.46. The van der Waals surface area contributed by atoms with Crippen LogP contribution in [0.15, 0.2) is 24.3 Å². The molecule has 0 N–H and O–H groups in total. The number of non-ortho nitro benzene ring substituents is 1. The number of halogens is 4. The van der Waals surface area contributed by atoms with Crippen molar-refractivity contribution in [2.45, 2.75) is 10.2 Å². The van der Waals surface area contributed by atoms with Crippen molar-refractivity contribution in [3.05, 3.63) is 39.9 Å². The van der Waals surface area contributed by atoms with Crippen LogP contribution in [0.4, 0.5) is 5.69 Å². The Morgan fingerprint density at radius 3 is 1.73 bits per heavy atom. The van der Waals surface area contributed by atoms with Crippen LogP contribution in [0.25, 0.3) is 0 Å². The van der Waals surface area contributed by atoms with Crippen LogP contribution >= 0.6 is 46.4 Å². The number of nitro groups is 1. The average molecular weight is 291 g/mol. The molecule has 0 bridgehead atoms. The molecule has 0 aliphatic carbocycles. The molecule has 0 aliphatic rings. The van der Waals surface area contributed by atoms with Crippen molar-refractivity contribution in [2.75, 3.05) is 0 Å². The number of rotatable bonds is 1. The number of nitrogens with zero attached hydrogens (tertiary/aromatic N) is 1. The van der Waals surface area contributed by atoms with Crippen LogP contribution in [0.3, 0.4) is 0 Å². The lowest BCUT2D eigenvalue weighted by molar-refractivity contribution is -0.384. The molecule has 0 spiro atoms. The molecule has 0 fully saturated rings. The Labute approximate surface area is 107 Å². The Balaban J connectivity index is 0.000000336. The quantitative estimate of drug-likeness (QED) is 0.435. The van der Waals surface area contributed by atoms with Crippen molar-refractivity contribution in [3.63, 3.8) is 0 Å². The molecule has 15 heavy (non-hydrogen) atoms. The van der Waals surface area contributed by atoms with Gasteiger partial charge in [0, 0.05) is 12.1 Å². The summed E-state index contributed by atoms with van der Waals surface area (Å²) in [4.78, 5) is 9.71. The minimum absolute atomic E-state index is 0.144. The highest BCUT2D eigenvalue weighted by Crippen LogP contribution is 2.29. The van der Waals surface area contributed by atoms with E-state index in [0.717, 1.165) is 5.56 Å². The maximum atomic E-state index is 10.1. The summed E-state index contributed by atoms with van der Waals surface area (Å²) in [5.74, 6) is 0. The predicted molar refractivity (Wildman–Crippen MR) is 64.0 cm³/mol. The minimum atomic E-state index is -1.61. The summed E-state index contributed by atoms with van der Waals surface area (Å²) in [6.07, 6.45) is 0. The van der Waals surface area contributed by atoms with E-state index in [1.165, 1.54) is 12.1 Å². The minimum Gasteiger partial charge on any atom is -0.258 e.